The molecule has 0 aliphatic carbocycles. The minimum Gasteiger partial charge on any atom is -0.305 e. The van der Waals surface area contributed by atoms with Crippen molar-refractivity contribution >= 4 is 53.0 Å². The van der Waals surface area contributed by atoms with Gasteiger partial charge in [0.15, 0.2) is 0 Å². The molecule has 0 amide bonds. The van der Waals surface area contributed by atoms with Crippen LogP contribution in [0.1, 0.15) is 96.6 Å². The summed E-state index contributed by atoms with van der Waals surface area (Å²) in [5.41, 5.74) is 26.4. The normalized spacial score (nSPS) is 12.5. The molecule has 8 nitrogen and oxygen atoms in total. The maximum atomic E-state index is 7.72. The molecule has 20 rings (SSSR count). The topological polar surface area (TPSA) is 103 Å². The number of nitrogens with zero attached hydrogens (tertiary/aromatic N) is 8. The van der Waals surface area contributed by atoms with Crippen molar-refractivity contribution in [1.29, 1.82) is 0 Å². The maximum Gasteiger partial charge on any atom is 0.0830 e. The number of benzene rings is 12. The quantitative estimate of drug-likeness (QED) is 0.0518. The zero-order valence-corrected chi connectivity index (χ0v) is 101. The Bertz CT molecular complexity index is 8280. The Morgan fingerprint density at radius 3 is 0.933 bits per heavy atom. The van der Waals surface area contributed by atoms with Gasteiger partial charge in [-0.05, 0) is 132 Å². The largest absolute Gasteiger partial charge is 0.305 e. The molecular weight excluding hydrogens is 2600 g/mol. The molecule has 0 N–H and O–H groups in total. The fraction of sp³-hybridized carbons (Fsp3) is 0.164. The van der Waals surface area contributed by atoms with Crippen molar-refractivity contribution in [3.05, 3.63) is 508 Å². The number of aryl methyl sites for hydroxylation is 3. The Morgan fingerprint density at radius 2 is 0.593 bits per heavy atom. The Kier molecular flexibility index (Phi) is 37.9. The standard InChI is InChI=1S/2C23H26NSi.2C22H24NSi.4C11H8N.4Ir/c1-17(2)21-15-22(24-16-23(21)25(3,4)5)20-14-10-9-13-19(20)18-11-7-6-8-12-18;1-5-11-19-16-22(24-17-23(19)25(2,3)4)21-15-10-9-14-20(21)18-12-7-6-8-13-18;2*1-5-17-15-21(23-16-22(17)24(2,3)4)20-13-9-12-19(14-20)18-10-7-6-8-11-18;4*1-2-6-10(7-3-1)11-8-4-5-9-12-11;;;;/h6-13,15-17H,1-5H3;6-10,12-14,16-17H,5,11H2,1-4H3;2*6-12,14-16H,5H2,1-4H3;4*1-6,8-9H;;;;/q8*-1;;;;/i;;;;2*1D,2D,3D,4D,5D,8D,9D;2*1D,2D,3D;;;;. The summed E-state index contributed by atoms with van der Waals surface area (Å²) in [6.45, 7) is 39.9. The Labute approximate surface area is 980 Å². The third-order valence-electron chi connectivity index (χ3n) is 23.3. The average Bonchev–Trinajstić information content (AvgIpc) is 0.788. The molecule has 8 heterocycles. The van der Waals surface area contributed by atoms with E-state index in [0.717, 1.165) is 70.7 Å². The summed E-state index contributed by atoms with van der Waals surface area (Å²) in [5, 5.41) is 5.87. The molecular formula is C134H132Ir4N8Si4-8. The second-order valence-electron chi connectivity index (χ2n) is 38.4. The Morgan fingerprint density at radius 1 is 0.260 bits per heavy atom. The summed E-state index contributed by atoms with van der Waals surface area (Å²) in [4.78, 5) is 34.9. The van der Waals surface area contributed by atoms with Crippen LogP contribution in [0.4, 0.5) is 0 Å². The van der Waals surface area contributed by atoms with Gasteiger partial charge in [-0.25, -0.2) is 0 Å². The van der Waals surface area contributed by atoms with Crippen LogP contribution >= 0.6 is 0 Å². The molecule has 0 spiro atoms. The number of pyridine rings is 8. The molecule has 0 bridgehead atoms. The van der Waals surface area contributed by atoms with Crippen molar-refractivity contribution in [3.8, 4) is 135 Å². The predicted octanol–water partition coefficient (Wildman–Crippen LogP) is 32.4. The molecule has 0 fully saturated rings. The van der Waals surface area contributed by atoms with Crippen LogP contribution in [-0.4, -0.2) is 72.2 Å². The number of hydrogen-bond donors (Lipinski definition) is 0. The zero-order chi connectivity index (χ0) is 121. The number of hydrogen-bond acceptors (Lipinski definition) is 8. The smallest absolute Gasteiger partial charge is 0.0830 e. The van der Waals surface area contributed by atoms with E-state index in [1.807, 2.05) is 60.7 Å². The van der Waals surface area contributed by atoms with E-state index in [1.165, 1.54) is 112 Å². The molecule has 0 unspecified atom stereocenters. The van der Waals surface area contributed by atoms with Gasteiger partial charge in [-0.2, -0.15) is 0 Å². The van der Waals surface area contributed by atoms with E-state index >= 15 is 0 Å². The van der Waals surface area contributed by atoms with Gasteiger partial charge in [0.1, 0.15) is 0 Å². The van der Waals surface area contributed by atoms with Gasteiger partial charge in [-0.3, -0.25) is 0 Å². The fourth-order valence-electron chi connectivity index (χ4n) is 16.0. The Balaban J connectivity index is 0.000000214. The van der Waals surface area contributed by atoms with Crippen LogP contribution in [0.2, 0.25) is 78.6 Å². The van der Waals surface area contributed by atoms with E-state index in [4.69, 9.17) is 47.4 Å². The van der Waals surface area contributed by atoms with Crippen LogP contribution in [0.25, 0.3) is 135 Å². The van der Waals surface area contributed by atoms with Crippen molar-refractivity contribution in [2.75, 3.05) is 0 Å². The molecule has 0 aliphatic rings. The summed E-state index contributed by atoms with van der Waals surface area (Å²) < 4.78 is 150. The van der Waals surface area contributed by atoms with Gasteiger partial charge in [0.2, 0.25) is 0 Å². The minimum atomic E-state index is -1.41. The third-order valence-corrected chi connectivity index (χ3v) is 31.6. The molecule has 12 aromatic carbocycles. The summed E-state index contributed by atoms with van der Waals surface area (Å²) in [6.07, 6.45) is 15.2. The van der Waals surface area contributed by atoms with E-state index < -0.39 is 68.8 Å². The van der Waals surface area contributed by atoms with Gasteiger partial charge >= 0.3 is 0 Å². The van der Waals surface area contributed by atoms with Crippen molar-refractivity contribution < 1.29 is 108 Å². The van der Waals surface area contributed by atoms with Gasteiger partial charge in [0.25, 0.3) is 0 Å². The van der Waals surface area contributed by atoms with Crippen molar-refractivity contribution in [3.63, 3.8) is 0 Å². The van der Waals surface area contributed by atoms with Crippen LogP contribution in [0, 0.1) is 48.5 Å². The molecule has 0 atom stereocenters. The first-order valence-electron chi connectivity index (χ1n) is 58.9. The second-order valence-corrected chi connectivity index (χ2v) is 58.6. The first-order valence-corrected chi connectivity index (χ1v) is 62.9. The SMILES string of the molecule is CC(C)c1cc(-c2[c-]cccc2-c2ccccc2)ncc1[Si](C)(C)C.CCCc1cc(-c2[c-]cccc2-c2ccccc2)ncc1[Si](C)(C)C.CCc1cc(-c2[c-]ccc(-c3ccccc3)c2)ncc1[Si](C)(C)C.CCc1cc(-c2[c-]ccc(-c3ccccc3)c2)ncc1[Si](C)(C)C.[2H]c1[c-]c(-c2ccccn2)cc([2H])c1[2H].[2H]c1[c-]c(-c2ccccn2)cc([2H])c1[2H].[2H]c1[c-]c(-c2nc([2H])c([2H])c([2H])c2[2H])cc([2H])c1[2H].[2H]c1[c-]c(-c2nc([2H])c([2H])c([2H])c2[2H])cc([2H])c1[2H].[Ir].[Ir].[Ir].[Ir]. The average molecular weight is 2760 g/mol. The van der Waals surface area contributed by atoms with Crippen LogP contribution < -0.4 is 20.7 Å². The van der Waals surface area contributed by atoms with Gasteiger partial charge in [-0.15, -0.1) is 274 Å². The first-order chi connectivity index (χ1) is 78.9. The summed E-state index contributed by atoms with van der Waals surface area (Å²) in [6, 6.07) is 112. The summed E-state index contributed by atoms with van der Waals surface area (Å²) >= 11 is 0. The Hall–Kier alpha value is -12.7. The van der Waals surface area contributed by atoms with Crippen LogP contribution in [0.15, 0.2) is 437 Å². The molecule has 150 heavy (non-hydrogen) atoms. The molecule has 4 radical (unpaired) electrons. The van der Waals surface area contributed by atoms with Crippen molar-refractivity contribution in [1.82, 2.24) is 39.9 Å². The molecule has 16 heteroatoms. The van der Waals surface area contributed by atoms with Crippen molar-refractivity contribution in [2.24, 2.45) is 0 Å². The molecule has 0 aliphatic heterocycles. The van der Waals surface area contributed by atoms with Crippen molar-refractivity contribution in [2.45, 2.75) is 145 Å². The molecule has 8 aromatic heterocycles. The summed E-state index contributed by atoms with van der Waals surface area (Å²) in [5.74, 6) is 0.493. The molecule has 0 saturated heterocycles. The van der Waals surface area contributed by atoms with E-state index in [0.29, 0.717) is 28.4 Å². The molecule has 768 valence electrons. The van der Waals surface area contributed by atoms with Crippen LogP contribution in [0.5, 0.6) is 0 Å². The number of rotatable bonds is 21. The molecule has 0 saturated carbocycles. The van der Waals surface area contributed by atoms with Crippen LogP contribution in [0.3, 0.4) is 0 Å². The third kappa shape index (κ3) is 36.0. The van der Waals surface area contributed by atoms with E-state index in [9.17, 15) is 0 Å². The minimum absolute atomic E-state index is 0. The fourth-order valence-corrected chi connectivity index (χ4v) is 22.6. The zero-order valence-electron chi connectivity index (χ0n) is 107. The second kappa shape index (κ2) is 61.0. The predicted molar refractivity (Wildman–Crippen MR) is 629 cm³/mol. The number of aromatic nitrogens is 8. The summed E-state index contributed by atoms with van der Waals surface area (Å²) in [7, 11) is -5.52. The van der Waals surface area contributed by atoms with Gasteiger partial charge in [0.05, 0.1) is 43.3 Å². The van der Waals surface area contributed by atoms with E-state index in [1.54, 1.807) is 36.7 Å². The van der Waals surface area contributed by atoms with E-state index in [-0.39, 0.29) is 188 Å². The van der Waals surface area contributed by atoms with Gasteiger partial charge in [0, 0.05) is 141 Å². The van der Waals surface area contributed by atoms with Gasteiger partial charge in [-0.1, -0.05) is 358 Å². The maximum absolute atomic E-state index is 7.72. The first kappa shape index (κ1) is 93.4. The van der Waals surface area contributed by atoms with E-state index in [2.05, 4.69) is 376 Å². The van der Waals surface area contributed by atoms with Crippen LogP contribution in [-0.2, 0) is 99.7 Å². The monoisotopic (exact) mass is 2760 g/mol. The van der Waals surface area contributed by atoms with Gasteiger partial charge < -0.3 is 39.9 Å². The molecule has 20 aromatic rings.